The van der Waals surface area contributed by atoms with Crippen molar-refractivity contribution in [1.82, 2.24) is 5.32 Å². The van der Waals surface area contributed by atoms with E-state index in [1.165, 1.54) is 16.7 Å². The molecule has 3 rings (SSSR count). The number of hydrogen-bond donors (Lipinski definition) is 2. The highest BCUT2D eigenvalue weighted by Crippen LogP contribution is 2.35. The molecule has 1 aromatic heterocycles. The number of aromatic hydroxyl groups is 1. The molecule has 1 aliphatic rings. The summed E-state index contributed by atoms with van der Waals surface area (Å²) in [4.78, 5) is 0. The second-order valence-electron chi connectivity index (χ2n) is 5.73. The van der Waals surface area contributed by atoms with Crippen LogP contribution in [0.3, 0.4) is 0 Å². The van der Waals surface area contributed by atoms with Gasteiger partial charge in [0, 0.05) is 17.6 Å². The standard InChI is InChI=1S/C17H21NO2/c1-10-8-16(12(3)20-10)11(2)18-17-7-4-13-9-14(19)5-6-15(13)17/h5-6,8-9,11,17-19H,4,7H2,1-3H3. The van der Waals surface area contributed by atoms with Crippen LogP contribution >= 0.6 is 0 Å². The number of phenolic OH excluding ortho intramolecular Hbond substituents is 1. The van der Waals surface area contributed by atoms with Crippen molar-refractivity contribution in [3.8, 4) is 5.75 Å². The van der Waals surface area contributed by atoms with Crippen molar-refractivity contribution < 1.29 is 9.52 Å². The van der Waals surface area contributed by atoms with Gasteiger partial charge in [-0.2, -0.15) is 0 Å². The quantitative estimate of drug-likeness (QED) is 0.888. The van der Waals surface area contributed by atoms with Crippen LogP contribution in [0.4, 0.5) is 0 Å². The van der Waals surface area contributed by atoms with Crippen LogP contribution in [0.5, 0.6) is 5.75 Å². The third kappa shape index (κ3) is 2.34. The molecule has 3 heteroatoms. The van der Waals surface area contributed by atoms with E-state index in [1.54, 1.807) is 6.07 Å². The topological polar surface area (TPSA) is 45.4 Å². The largest absolute Gasteiger partial charge is 0.508 e. The summed E-state index contributed by atoms with van der Waals surface area (Å²) in [5.41, 5.74) is 3.80. The number of phenols is 1. The molecule has 0 aliphatic heterocycles. The Bertz CT molecular complexity index is 630. The Morgan fingerprint density at radius 3 is 2.80 bits per heavy atom. The van der Waals surface area contributed by atoms with Gasteiger partial charge in [0.05, 0.1) is 0 Å². The van der Waals surface area contributed by atoms with E-state index in [0.29, 0.717) is 11.8 Å². The van der Waals surface area contributed by atoms with Crippen LogP contribution < -0.4 is 5.32 Å². The summed E-state index contributed by atoms with van der Waals surface area (Å²) in [6.45, 7) is 6.17. The van der Waals surface area contributed by atoms with Crippen LogP contribution in [0.2, 0.25) is 0 Å². The lowest BCUT2D eigenvalue weighted by molar-refractivity contribution is 0.450. The Balaban J connectivity index is 1.79. The predicted molar refractivity (Wildman–Crippen MR) is 78.9 cm³/mol. The highest BCUT2D eigenvalue weighted by atomic mass is 16.3. The molecule has 0 saturated heterocycles. The SMILES string of the molecule is Cc1cc(C(C)NC2CCc3cc(O)ccc32)c(C)o1. The molecule has 106 valence electrons. The molecule has 2 atom stereocenters. The fourth-order valence-corrected chi connectivity index (χ4v) is 3.25. The van der Waals surface area contributed by atoms with Gasteiger partial charge in [-0.25, -0.2) is 0 Å². The highest BCUT2D eigenvalue weighted by Gasteiger charge is 2.25. The number of nitrogens with one attached hydrogen (secondary N) is 1. The first kappa shape index (κ1) is 13.3. The van der Waals surface area contributed by atoms with E-state index < -0.39 is 0 Å². The first-order valence-electron chi connectivity index (χ1n) is 7.19. The Morgan fingerprint density at radius 1 is 1.30 bits per heavy atom. The molecule has 0 radical (unpaired) electrons. The molecule has 1 aliphatic carbocycles. The maximum absolute atomic E-state index is 9.55. The minimum Gasteiger partial charge on any atom is -0.508 e. The molecule has 1 heterocycles. The van der Waals surface area contributed by atoms with Crippen LogP contribution in [0.1, 0.15) is 53.6 Å². The highest BCUT2D eigenvalue weighted by molar-refractivity contribution is 5.40. The molecule has 1 aromatic carbocycles. The molecular weight excluding hydrogens is 250 g/mol. The van der Waals surface area contributed by atoms with Crippen molar-refractivity contribution in [3.63, 3.8) is 0 Å². The van der Waals surface area contributed by atoms with Crippen LogP contribution in [-0.2, 0) is 6.42 Å². The van der Waals surface area contributed by atoms with Gasteiger partial charge < -0.3 is 14.8 Å². The van der Waals surface area contributed by atoms with Gasteiger partial charge in [-0.1, -0.05) is 6.07 Å². The molecule has 2 aromatic rings. The van der Waals surface area contributed by atoms with Gasteiger partial charge in [0.15, 0.2) is 0 Å². The van der Waals surface area contributed by atoms with Gasteiger partial charge in [-0.05, 0) is 62.9 Å². The number of aryl methyl sites for hydroxylation is 3. The maximum Gasteiger partial charge on any atom is 0.115 e. The summed E-state index contributed by atoms with van der Waals surface area (Å²) in [6.07, 6.45) is 2.11. The second-order valence-corrected chi connectivity index (χ2v) is 5.73. The molecule has 0 saturated carbocycles. The monoisotopic (exact) mass is 271 g/mol. The normalized spacial score (nSPS) is 19.1. The van der Waals surface area contributed by atoms with Crippen LogP contribution in [0, 0.1) is 13.8 Å². The van der Waals surface area contributed by atoms with E-state index >= 15 is 0 Å². The number of rotatable bonds is 3. The summed E-state index contributed by atoms with van der Waals surface area (Å²) in [5, 5.41) is 13.2. The molecule has 0 bridgehead atoms. The molecule has 0 spiro atoms. The maximum atomic E-state index is 9.55. The summed E-state index contributed by atoms with van der Waals surface area (Å²) in [6, 6.07) is 8.42. The lowest BCUT2D eigenvalue weighted by atomic mass is 10.0. The molecule has 2 unspecified atom stereocenters. The Hall–Kier alpha value is -1.74. The van der Waals surface area contributed by atoms with Crippen LogP contribution in [0.25, 0.3) is 0 Å². The fourth-order valence-electron chi connectivity index (χ4n) is 3.25. The minimum absolute atomic E-state index is 0.261. The molecule has 0 fully saturated rings. The second kappa shape index (κ2) is 4.98. The van der Waals surface area contributed by atoms with Crippen molar-refractivity contribution in [2.24, 2.45) is 0 Å². The van der Waals surface area contributed by atoms with Gasteiger partial charge in [-0.3, -0.25) is 0 Å². The Kier molecular flexibility index (Phi) is 3.30. The van der Waals surface area contributed by atoms with E-state index in [2.05, 4.69) is 18.3 Å². The average Bonchev–Trinajstić information content (AvgIpc) is 2.93. The van der Waals surface area contributed by atoms with Gasteiger partial charge in [0.1, 0.15) is 17.3 Å². The molecule has 0 amide bonds. The van der Waals surface area contributed by atoms with Crippen LogP contribution in [-0.4, -0.2) is 5.11 Å². The fraction of sp³-hybridized carbons (Fsp3) is 0.412. The van der Waals surface area contributed by atoms with Crippen molar-refractivity contribution >= 4 is 0 Å². The van der Waals surface area contributed by atoms with Gasteiger partial charge in [0.2, 0.25) is 0 Å². The van der Waals surface area contributed by atoms with Gasteiger partial charge >= 0.3 is 0 Å². The minimum atomic E-state index is 0.261. The van der Waals surface area contributed by atoms with Gasteiger partial charge in [0.25, 0.3) is 0 Å². The van der Waals surface area contributed by atoms with E-state index in [0.717, 1.165) is 24.4 Å². The van der Waals surface area contributed by atoms with Gasteiger partial charge in [-0.15, -0.1) is 0 Å². The zero-order valence-corrected chi connectivity index (χ0v) is 12.2. The molecule has 2 N–H and O–H groups in total. The van der Waals surface area contributed by atoms with E-state index in [9.17, 15) is 5.11 Å². The van der Waals surface area contributed by atoms with Crippen molar-refractivity contribution in [1.29, 1.82) is 0 Å². The van der Waals surface area contributed by atoms with E-state index in [1.807, 2.05) is 26.0 Å². The van der Waals surface area contributed by atoms with Crippen molar-refractivity contribution in [3.05, 3.63) is 52.5 Å². The zero-order chi connectivity index (χ0) is 14.3. The molecule has 20 heavy (non-hydrogen) atoms. The third-order valence-electron chi connectivity index (χ3n) is 4.20. The summed E-state index contributed by atoms with van der Waals surface area (Å²) in [5.74, 6) is 2.31. The summed E-state index contributed by atoms with van der Waals surface area (Å²) < 4.78 is 5.61. The third-order valence-corrected chi connectivity index (χ3v) is 4.20. The first-order chi connectivity index (χ1) is 9.54. The number of fused-ring (bicyclic) bond motifs is 1. The lowest BCUT2D eigenvalue weighted by Crippen LogP contribution is -2.23. The smallest absolute Gasteiger partial charge is 0.115 e. The van der Waals surface area contributed by atoms with Crippen LogP contribution in [0.15, 0.2) is 28.7 Å². The number of hydrogen-bond acceptors (Lipinski definition) is 3. The zero-order valence-electron chi connectivity index (χ0n) is 12.2. The summed E-state index contributed by atoms with van der Waals surface area (Å²) >= 11 is 0. The number of furan rings is 1. The van der Waals surface area contributed by atoms with E-state index in [-0.39, 0.29) is 6.04 Å². The summed E-state index contributed by atoms with van der Waals surface area (Å²) in [7, 11) is 0. The first-order valence-corrected chi connectivity index (χ1v) is 7.19. The Labute approximate surface area is 119 Å². The van der Waals surface area contributed by atoms with Crippen molar-refractivity contribution in [2.45, 2.75) is 45.7 Å². The number of benzene rings is 1. The molecule has 3 nitrogen and oxygen atoms in total. The van der Waals surface area contributed by atoms with E-state index in [4.69, 9.17) is 4.42 Å². The van der Waals surface area contributed by atoms with Crippen molar-refractivity contribution in [2.75, 3.05) is 0 Å². The lowest BCUT2D eigenvalue weighted by Gasteiger charge is -2.20. The average molecular weight is 271 g/mol. The predicted octanol–water partition coefficient (Wildman–Crippen LogP) is 3.94. The Morgan fingerprint density at radius 2 is 2.10 bits per heavy atom. The molecular formula is C17H21NO2.